The van der Waals surface area contributed by atoms with E-state index in [1.165, 1.54) is 7.11 Å². The average Bonchev–Trinajstić information content (AvgIpc) is 2.70. The second-order valence-corrected chi connectivity index (χ2v) is 4.03. The highest BCUT2D eigenvalue weighted by molar-refractivity contribution is 7.07. The fourth-order valence-electron chi connectivity index (χ4n) is 1.20. The van der Waals surface area contributed by atoms with Crippen LogP contribution in [0.4, 0.5) is 0 Å². The highest BCUT2D eigenvalue weighted by Gasteiger charge is 2.23. The zero-order valence-electron chi connectivity index (χ0n) is 8.77. The summed E-state index contributed by atoms with van der Waals surface area (Å²) in [5.74, 6) is -0.444. The van der Waals surface area contributed by atoms with Gasteiger partial charge in [-0.15, -0.1) is 0 Å². The molecule has 0 saturated heterocycles. The third-order valence-corrected chi connectivity index (χ3v) is 2.78. The third-order valence-electron chi connectivity index (χ3n) is 2.04. The van der Waals surface area contributed by atoms with Crippen LogP contribution in [0.5, 0.6) is 0 Å². The van der Waals surface area contributed by atoms with Crippen molar-refractivity contribution in [2.45, 2.75) is 25.6 Å². The maximum Gasteiger partial charge on any atom is 0.325 e. The van der Waals surface area contributed by atoms with Crippen molar-refractivity contribution in [1.29, 1.82) is 0 Å². The Labute approximate surface area is 92.9 Å². The molecule has 5 heteroatoms. The van der Waals surface area contributed by atoms with Gasteiger partial charge in [0.1, 0.15) is 6.04 Å². The number of esters is 1. The van der Waals surface area contributed by atoms with Gasteiger partial charge < -0.3 is 9.84 Å². The lowest BCUT2D eigenvalue weighted by Crippen LogP contribution is -2.45. The minimum atomic E-state index is -0.768. The van der Waals surface area contributed by atoms with Crippen LogP contribution in [-0.4, -0.2) is 30.3 Å². The lowest BCUT2D eigenvalue weighted by Gasteiger charge is -2.18. The van der Waals surface area contributed by atoms with E-state index in [-0.39, 0.29) is 0 Å². The van der Waals surface area contributed by atoms with Gasteiger partial charge in [0.15, 0.2) is 0 Å². The first kappa shape index (κ1) is 12.2. The number of aliphatic hydroxyl groups excluding tert-OH is 1. The largest absolute Gasteiger partial charge is 0.468 e. The summed E-state index contributed by atoms with van der Waals surface area (Å²) in [7, 11) is 1.31. The maximum atomic E-state index is 11.3. The molecule has 84 valence electrons. The van der Waals surface area contributed by atoms with Gasteiger partial charge in [0.25, 0.3) is 0 Å². The van der Waals surface area contributed by atoms with E-state index in [2.05, 4.69) is 10.1 Å². The zero-order valence-corrected chi connectivity index (χ0v) is 9.58. The molecule has 0 aliphatic carbocycles. The van der Waals surface area contributed by atoms with E-state index in [0.717, 1.165) is 5.56 Å². The standard InChI is InChI=1S/C10H15NO3S/c1-7(12)9(10(13)14-2)11-5-8-3-4-15-6-8/h3-4,6-7,9,11-12H,5H2,1-2H3/t7-,9+/m0/s1. The number of thiophene rings is 1. The summed E-state index contributed by atoms with van der Waals surface area (Å²) in [5, 5.41) is 16.3. The number of hydrogen-bond donors (Lipinski definition) is 2. The summed E-state index contributed by atoms with van der Waals surface area (Å²) in [6, 6.07) is 1.29. The molecule has 0 aliphatic heterocycles. The lowest BCUT2D eigenvalue weighted by molar-refractivity contribution is -0.145. The number of aliphatic hydroxyl groups is 1. The summed E-state index contributed by atoms with van der Waals surface area (Å²) in [4.78, 5) is 11.3. The summed E-state index contributed by atoms with van der Waals surface area (Å²) >= 11 is 1.60. The fraction of sp³-hybridized carbons (Fsp3) is 0.500. The van der Waals surface area contributed by atoms with Crippen molar-refractivity contribution in [3.05, 3.63) is 22.4 Å². The van der Waals surface area contributed by atoms with E-state index in [1.54, 1.807) is 18.3 Å². The maximum absolute atomic E-state index is 11.3. The van der Waals surface area contributed by atoms with E-state index in [9.17, 15) is 9.90 Å². The van der Waals surface area contributed by atoms with Crippen LogP contribution in [0.3, 0.4) is 0 Å². The second-order valence-electron chi connectivity index (χ2n) is 3.25. The first-order chi connectivity index (χ1) is 7.15. The van der Waals surface area contributed by atoms with Crippen molar-refractivity contribution < 1.29 is 14.6 Å². The van der Waals surface area contributed by atoms with E-state index in [1.807, 2.05) is 16.8 Å². The molecule has 4 nitrogen and oxygen atoms in total. The molecule has 1 aromatic heterocycles. The van der Waals surface area contributed by atoms with Crippen LogP contribution < -0.4 is 5.32 Å². The number of methoxy groups -OCH3 is 1. The molecule has 0 saturated carbocycles. The van der Waals surface area contributed by atoms with Crippen LogP contribution in [0.1, 0.15) is 12.5 Å². The van der Waals surface area contributed by atoms with Crippen LogP contribution in [0.2, 0.25) is 0 Å². The van der Waals surface area contributed by atoms with Crippen LogP contribution in [0.25, 0.3) is 0 Å². The number of hydrogen-bond acceptors (Lipinski definition) is 5. The van der Waals surface area contributed by atoms with Gasteiger partial charge in [0.2, 0.25) is 0 Å². The number of nitrogens with one attached hydrogen (secondary N) is 1. The fourth-order valence-corrected chi connectivity index (χ4v) is 1.87. The van der Waals surface area contributed by atoms with E-state index >= 15 is 0 Å². The van der Waals surface area contributed by atoms with Crippen LogP contribution in [-0.2, 0) is 16.1 Å². The van der Waals surface area contributed by atoms with Gasteiger partial charge in [-0.25, -0.2) is 0 Å². The molecule has 0 spiro atoms. The minimum absolute atomic E-state index is 0.444. The molecular weight excluding hydrogens is 214 g/mol. The van der Waals surface area contributed by atoms with Gasteiger partial charge in [-0.1, -0.05) is 0 Å². The van der Waals surface area contributed by atoms with Gasteiger partial charge in [0, 0.05) is 6.54 Å². The molecule has 1 rings (SSSR count). The first-order valence-electron chi connectivity index (χ1n) is 4.65. The quantitative estimate of drug-likeness (QED) is 0.732. The summed E-state index contributed by atoms with van der Waals surface area (Å²) in [6.45, 7) is 2.11. The Balaban J connectivity index is 2.49. The molecule has 0 aromatic carbocycles. The Morgan fingerprint density at radius 2 is 2.47 bits per heavy atom. The molecular formula is C10H15NO3S. The van der Waals surface area contributed by atoms with Gasteiger partial charge in [-0.05, 0) is 29.3 Å². The Kier molecular flexibility index (Phi) is 4.74. The molecule has 0 aliphatic rings. The molecule has 0 radical (unpaired) electrons. The highest BCUT2D eigenvalue weighted by atomic mass is 32.1. The smallest absolute Gasteiger partial charge is 0.325 e. The van der Waals surface area contributed by atoms with Crippen LogP contribution in [0.15, 0.2) is 16.8 Å². The third kappa shape index (κ3) is 3.62. The molecule has 1 aromatic rings. The molecule has 0 unspecified atom stereocenters. The molecule has 0 bridgehead atoms. The van der Waals surface area contributed by atoms with Crippen LogP contribution in [0, 0.1) is 0 Å². The number of carbonyl (C=O) groups excluding carboxylic acids is 1. The van der Waals surface area contributed by atoms with Crippen LogP contribution >= 0.6 is 11.3 Å². The molecule has 1 heterocycles. The number of rotatable bonds is 5. The zero-order chi connectivity index (χ0) is 11.3. The predicted molar refractivity (Wildman–Crippen MR) is 58.6 cm³/mol. The van der Waals surface area contributed by atoms with E-state index < -0.39 is 18.1 Å². The molecule has 2 N–H and O–H groups in total. The summed E-state index contributed by atoms with van der Waals surface area (Å²) in [5.41, 5.74) is 1.09. The van der Waals surface area contributed by atoms with Gasteiger partial charge in [0.05, 0.1) is 13.2 Å². The summed E-state index contributed by atoms with van der Waals surface area (Å²) in [6.07, 6.45) is -0.768. The normalized spacial score (nSPS) is 14.6. The first-order valence-corrected chi connectivity index (χ1v) is 5.59. The molecule has 0 amide bonds. The average molecular weight is 229 g/mol. The predicted octanol–water partition coefficient (Wildman–Crippen LogP) is 0.760. The number of carbonyl (C=O) groups is 1. The van der Waals surface area contributed by atoms with Crippen molar-refractivity contribution in [2.75, 3.05) is 7.11 Å². The second kappa shape index (κ2) is 5.85. The molecule has 15 heavy (non-hydrogen) atoms. The monoisotopic (exact) mass is 229 g/mol. The van der Waals surface area contributed by atoms with Crippen molar-refractivity contribution >= 4 is 17.3 Å². The topological polar surface area (TPSA) is 58.6 Å². The van der Waals surface area contributed by atoms with E-state index in [0.29, 0.717) is 6.54 Å². The van der Waals surface area contributed by atoms with E-state index in [4.69, 9.17) is 0 Å². The van der Waals surface area contributed by atoms with Gasteiger partial charge >= 0.3 is 5.97 Å². The minimum Gasteiger partial charge on any atom is -0.468 e. The highest BCUT2D eigenvalue weighted by Crippen LogP contribution is 2.06. The SMILES string of the molecule is COC(=O)[C@H](NCc1ccsc1)[C@H](C)O. The molecule has 2 atom stereocenters. The van der Waals surface area contributed by atoms with Crippen molar-refractivity contribution in [1.82, 2.24) is 5.32 Å². The van der Waals surface area contributed by atoms with Crippen molar-refractivity contribution in [3.63, 3.8) is 0 Å². The lowest BCUT2D eigenvalue weighted by atomic mass is 10.2. The van der Waals surface area contributed by atoms with Gasteiger partial charge in [-0.3, -0.25) is 10.1 Å². The number of ether oxygens (including phenoxy) is 1. The Bertz CT molecular complexity index is 298. The Morgan fingerprint density at radius 3 is 2.93 bits per heavy atom. The molecule has 0 fully saturated rings. The Hall–Kier alpha value is -0.910. The van der Waals surface area contributed by atoms with Crippen molar-refractivity contribution in [2.24, 2.45) is 0 Å². The van der Waals surface area contributed by atoms with Gasteiger partial charge in [-0.2, -0.15) is 11.3 Å². The Morgan fingerprint density at radius 1 is 1.73 bits per heavy atom. The summed E-state index contributed by atoms with van der Waals surface area (Å²) < 4.78 is 4.58. The van der Waals surface area contributed by atoms with Crippen molar-refractivity contribution in [3.8, 4) is 0 Å².